The Morgan fingerprint density at radius 3 is 2.63 bits per heavy atom. The molecule has 1 unspecified atom stereocenters. The summed E-state index contributed by atoms with van der Waals surface area (Å²) in [6, 6.07) is 3.67. The van der Waals surface area contributed by atoms with Crippen LogP contribution in [0, 0.1) is 17.0 Å². The van der Waals surface area contributed by atoms with Crippen molar-refractivity contribution in [2.24, 2.45) is 0 Å². The Balaban J connectivity index is 2.79. The number of nitro groups is 1. The molecule has 0 aromatic heterocycles. The Labute approximate surface area is 122 Å². The van der Waals surface area contributed by atoms with Gasteiger partial charge in [0.25, 0.3) is 5.69 Å². The summed E-state index contributed by atoms with van der Waals surface area (Å²) < 4.78 is 0.724. The fraction of sp³-hybridized carbons (Fsp3) is 0.538. The monoisotopic (exact) mass is 329 g/mol. The van der Waals surface area contributed by atoms with Crippen LogP contribution in [0.4, 0.5) is 11.4 Å². The van der Waals surface area contributed by atoms with Gasteiger partial charge in [-0.15, -0.1) is 0 Å². The van der Waals surface area contributed by atoms with Crippen LogP contribution >= 0.6 is 15.9 Å². The smallest absolute Gasteiger partial charge is 0.273 e. The number of rotatable bonds is 6. The van der Waals surface area contributed by atoms with Crippen LogP contribution in [-0.2, 0) is 0 Å². The molecule has 1 rings (SSSR count). The van der Waals surface area contributed by atoms with E-state index in [1.807, 2.05) is 20.2 Å². The molecule has 0 fully saturated rings. The average molecular weight is 330 g/mol. The Morgan fingerprint density at radius 1 is 1.47 bits per heavy atom. The normalized spacial score (nSPS) is 12.5. The number of hydrogen-bond acceptors (Lipinski definition) is 4. The van der Waals surface area contributed by atoms with Crippen LogP contribution in [0.25, 0.3) is 0 Å². The number of nitro benzene ring substituents is 1. The van der Waals surface area contributed by atoms with E-state index in [0.717, 1.165) is 23.1 Å². The third-order valence-electron chi connectivity index (χ3n) is 2.89. The van der Waals surface area contributed by atoms with E-state index in [0.29, 0.717) is 11.6 Å². The molecule has 0 aliphatic heterocycles. The molecule has 0 spiro atoms. The molecule has 0 aliphatic carbocycles. The zero-order valence-electron chi connectivity index (χ0n) is 11.7. The summed E-state index contributed by atoms with van der Waals surface area (Å²) in [5.74, 6) is 0. The SMILES string of the molecule is Cc1cc(NC(C)CCN(C)C)c(Br)cc1[N+](=O)[O-]. The van der Waals surface area contributed by atoms with E-state index in [4.69, 9.17) is 0 Å². The van der Waals surface area contributed by atoms with Crippen molar-refractivity contribution in [1.29, 1.82) is 0 Å². The van der Waals surface area contributed by atoms with Gasteiger partial charge in [0.2, 0.25) is 0 Å². The lowest BCUT2D eigenvalue weighted by molar-refractivity contribution is -0.385. The lowest BCUT2D eigenvalue weighted by Gasteiger charge is -2.19. The molecule has 0 bridgehead atoms. The quantitative estimate of drug-likeness (QED) is 0.641. The number of halogens is 1. The number of aryl methyl sites for hydroxylation is 1. The molecule has 1 atom stereocenters. The molecule has 1 aromatic rings. The molecule has 106 valence electrons. The molecule has 6 heteroatoms. The van der Waals surface area contributed by atoms with Gasteiger partial charge in [-0.1, -0.05) is 0 Å². The van der Waals surface area contributed by atoms with Gasteiger partial charge in [0.05, 0.1) is 4.92 Å². The van der Waals surface area contributed by atoms with Crippen molar-refractivity contribution >= 4 is 27.3 Å². The maximum absolute atomic E-state index is 10.8. The highest BCUT2D eigenvalue weighted by molar-refractivity contribution is 9.10. The van der Waals surface area contributed by atoms with Crippen LogP contribution in [0.5, 0.6) is 0 Å². The third-order valence-corrected chi connectivity index (χ3v) is 3.55. The van der Waals surface area contributed by atoms with E-state index in [-0.39, 0.29) is 10.6 Å². The van der Waals surface area contributed by atoms with Crippen LogP contribution in [-0.4, -0.2) is 36.5 Å². The molecule has 0 amide bonds. The number of benzene rings is 1. The van der Waals surface area contributed by atoms with E-state index < -0.39 is 0 Å². The summed E-state index contributed by atoms with van der Waals surface area (Å²) >= 11 is 3.38. The highest BCUT2D eigenvalue weighted by Gasteiger charge is 2.15. The third kappa shape index (κ3) is 4.80. The Morgan fingerprint density at radius 2 is 2.11 bits per heavy atom. The average Bonchev–Trinajstić information content (AvgIpc) is 2.30. The lowest BCUT2D eigenvalue weighted by Crippen LogP contribution is -2.23. The van der Waals surface area contributed by atoms with Gasteiger partial charge in [0, 0.05) is 27.8 Å². The molecule has 5 nitrogen and oxygen atoms in total. The molecule has 0 heterocycles. The Bertz CT molecular complexity index is 463. The van der Waals surface area contributed by atoms with Gasteiger partial charge in [-0.2, -0.15) is 0 Å². The van der Waals surface area contributed by atoms with Crippen molar-refractivity contribution in [2.75, 3.05) is 26.0 Å². The summed E-state index contributed by atoms with van der Waals surface area (Å²) in [5, 5.41) is 14.2. The summed E-state index contributed by atoms with van der Waals surface area (Å²) in [6.07, 6.45) is 1.01. The summed E-state index contributed by atoms with van der Waals surface area (Å²) in [5.41, 5.74) is 1.70. The van der Waals surface area contributed by atoms with Crippen molar-refractivity contribution in [3.8, 4) is 0 Å². The highest BCUT2D eigenvalue weighted by Crippen LogP contribution is 2.31. The maximum atomic E-state index is 10.8. The zero-order chi connectivity index (χ0) is 14.6. The first-order valence-electron chi connectivity index (χ1n) is 6.17. The van der Waals surface area contributed by atoms with E-state index in [9.17, 15) is 10.1 Å². The van der Waals surface area contributed by atoms with Crippen molar-refractivity contribution in [3.63, 3.8) is 0 Å². The van der Waals surface area contributed by atoms with Gasteiger partial charge >= 0.3 is 0 Å². The van der Waals surface area contributed by atoms with Crippen molar-refractivity contribution in [3.05, 3.63) is 32.3 Å². The van der Waals surface area contributed by atoms with Crippen LogP contribution in [0.3, 0.4) is 0 Å². The van der Waals surface area contributed by atoms with Crippen LogP contribution < -0.4 is 5.32 Å². The summed E-state index contributed by atoms with van der Waals surface area (Å²) in [6.45, 7) is 4.85. The van der Waals surface area contributed by atoms with E-state index in [1.165, 1.54) is 0 Å². The van der Waals surface area contributed by atoms with Crippen molar-refractivity contribution < 1.29 is 4.92 Å². The minimum atomic E-state index is -0.362. The fourth-order valence-corrected chi connectivity index (χ4v) is 2.21. The largest absolute Gasteiger partial charge is 0.382 e. The molecule has 0 saturated heterocycles. The number of nitrogens with one attached hydrogen (secondary N) is 1. The Kier molecular flexibility index (Phi) is 5.75. The number of nitrogens with zero attached hydrogens (tertiary/aromatic N) is 2. The van der Waals surface area contributed by atoms with Gasteiger partial charge in [0.1, 0.15) is 0 Å². The second-order valence-electron chi connectivity index (χ2n) is 5.01. The van der Waals surface area contributed by atoms with E-state index in [2.05, 4.69) is 33.1 Å². The molecule has 0 radical (unpaired) electrons. The number of anilines is 1. The van der Waals surface area contributed by atoms with Crippen LogP contribution in [0.2, 0.25) is 0 Å². The van der Waals surface area contributed by atoms with Crippen molar-refractivity contribution in [2.45, 2.75) is 26.3 Å². The molecular weight excluding hydrogens is 310 g/mol. The van der Waals surface area contributed by atoms with Crippen LogP contribution in [0.1, 0.15) is 18.9 Å². The van der Waals surface area contributed by atoms with Gasteiger partial charge in [-0.25, -0.2) is 0 Å². The molecule has 1 N–H and O–H groups in total. The lowest BCUT2D eigenvalue weighted by atomic mass is 10.1. The molecule has 1 aromatic carbocycles. The standard InChI is InChI=1S/C13H20BrN3O2/c1-9-7-12(11(14)8-13(9)17(18)19)15-10(2)5-6-16(3)4/h7-8,10,15H,5-6H2,1-4H3. The highest BCUT2D eigenvalue weighted by atomic mass is 79.9. The predicted octanol–water partition coefficient (Wildman–Crippen LogP) is 3.42. The first-order chi connectivity index (χ1) is 8.81. The second kappa shape index (κ2) is 6.86. The van der Waals surface area contributed by atoms with Crippen LogP contribution in [0.15, 0.2) is 16.6 Å². The minimum absolute atomic E-state index is 0.137. The van der Waals surface area contributed by atoms with E-state index >= 15 is 0 Å². The number of hydrogen-bond donors (Lipinski definition) is 1. The molecule has 0 saturated carbocycles. The van der Waals surface area contributed by atoms with Crippen molar-refractivity contribution in [1.82, 2.24) is 4.90 Å². The zero-order valence-corrected chi connectivity index (χ0v) is 13.3. The van der Waals surface area contributed by atoms with E-state index in [1.54, 1.807) is 13.0 Å². The summed E-state index contributed by atoms with van der Waals surface area (Å²) in [4.78, 5) is 12.6. The van der Waals surface area contributed by atoms with Gasteiger partial charge in [-0.05, 0) is 62.9 Å². The first-order valence-corrected chi connectivity index (χ1v) is 6.96. The molecule has 19 heavy (non-hydrogen) atoms. The van der Waals surface area contributed by atoms with Gasteiger partial charge in [-0.3, -0.25) is 10.1 Å². The Hall–Kier alpha value is -1.14. The predicted molar refractivity (Wildman–Crippen MR) is 81.8 cm³/mol. The molecule has 0 aliphatic rings. The minimum Gasteiger partial charge on any atom is -0.382 e. The summed E-state index contributed by atoms with van der Waals surface area (Å²) in [7, 11) is 4.08. The first kappa shape index (κ1) is 15.9. The van der Waals surface area contributed by atoms with Gasteiger partial charge in [0.15, 0.2) is 0 Å². The topological polar surface area (TPSA) is 58.4 Å². The maximum Gasteiger partial charge on any atom is 0.273 e. The van der Waals surface area contributed by atoms with Gasteiger partial charge < -0.3 is 10.2 Å². The molecular formula is C13H20BrN3O2. The fourth-order valence-electron chi connectivity index (χ4n) is 1.77. The second-order valence-corrected chi connectivity index (χ2v) is 5.87.